The Morgan fingerprint density at radius 3 is 2.91 bits per heavy atom. The van der Waals surface area contributed by atoms with Gasteiger partial charge in [-0.1, -0.05) is 6.08 Å². The molecule has 2 saturated heterocycles. The van der Waals surface area contributed by atoms with Crippen molar-refractivity contribution in [2.24, 2.45) is 5.92 Å². The molecule has 0 saturated carbocycles. The Labute approximate surface area is 134 Å². The Hall–Kier alpha value is -1.07. The smallest absolute Gasteiger partial charge is 0.317 e. The molecule has 0 aliphatic carbocycles. The van der Waals surface area contributed by atoms with Gasteiger partial charge in [-0.2, -0.15) is 0 Å². The van der Waals surface area contributed by atoms with Crippen LogP contribution in [0.2, 0.25) is 0 Å². The lowest BCUT2D eigenvalue weighted by atomic mass is 9.90. The van der Waals surface area contributed by atoms with Gasteiger partial charge >= 0.3 is 6.03 Å². The Bertz CT molecular complexity index is 380. The van der Waals surface area contributed by atoms with E-state index in [0.29, 0.717) is 19.8 Å². The molecule has 2 atom stereocenters. The van der Waals surface area contributed by atoms with Crippen LogP contribution in [0.5, 0.6) is 0 Å². The topological polar surface area (TPSA) is 50.8 Å². The fraction of sp³-hybridized carbons (Fsp3) is 0.824. The lowest BCUT2D eigenvalue weighted by molar-refractivity contribution is -0.189. The molecule has 0 aromatic rings. The van der Waals surface area contributed by atoms with Crippen LogP contribution in [-0.2, 0) is 9.47 Å². The molecule has 2 heterocycles. The molecule has 126 valence electrons. The molecule has 0 radical (unpaired) electrons. The maximum atomic E-state index is 12.4. The number of hydrogen-bond donors (Lipinski definition) is 1. The molecule has 2 fully saturated rings. The molecule has 2 aliphatic rings. The fourth-order valence-corrected chi connectivity index (χ4v) is 3.30. The quantitative estimate of drug-likeness (QED) is 0.606. The van der Waals surface area contributed by atoms with Crippen molar-refractivity contribution in [2.75, 3.05) is 26.3 Å². The van der Waals surface area contributed by atoms with E-state index in [1.165, 1.54) is 0 Å². The van der Waals surface area contributed by atoms with Crippen LogP contribution in [0.4, 0.5) is 4.79 Å². The Kier molecular flexibility index (Phi) is 6.26. The van der Waals surface area contributed by atoms with Crippen LogP contribution in [0.1, 0.15) is 46.0 Å². The minimum Gasteiger partial charge on any atom is -0.347 e. The van der Waals surface area contributed by atoms with Gasteiger partial charge in [-0.15, -0.1) is 6.58 Å². The third-order valence-corrected chi connectivity index (χ3v) is 4.73. The van der Waals surface area contributed by atoms with Crippen LogP contribution < -0.4 is 5.32 Å². The van der Waals surface area contributed by atoms with Crippen molar-refractivity contribution in [1.82, 2.24) is 10.2 Å². The predicted molar refractivity (Wildman–Crippen MR) is 86.6 cm³/mol. The molecule has 0 spiro atoms. The van der Waals surface area contributed by atoms with Gasteiger partial charge in [-0.3, -0.25) is 0 Å². The summed E-state index contributed by atoms with van der Waals surface area (Å²) in [6.45, 7) is 10.6. The third kappa shape index (κ3) is 4.46. The van der Waals surface area contributed by atoms with E-state index >= 15 is 0 Å². The number of likely N-dealkylation sites (tertiary alicyclic amines) is 1. The number of nitrogens with one attached hydrogen (secondary N) is 1. The Balaban J connectivity index is 1.81. The van der Waals surface area contributed by atoms with Crippen LogP contribution in [0, 0.1) is 5.92 Å². The lowest BCUT2D eigenvalue weighted by Gasteiger charge is -2.40. The summed E-state index contributed by atoms with van der Waals surface area (Å²) in [7, 11) is 0. The van der Waals surface area contributed by atoms with Gasteiger partial charge < -0.3 is 19.7 Å². The van der Waals surface area contributed by atoms with E-state index in [1.807, 2.05) is 17.9 Å². The highest BCUT2D eigenvalue weighted by molar-refractivity contribution is 5.74. The minimum atomic E-state index is -0.519. The van der Waals surface area contributed by atoms with Gasteiger partial charge in [-0.25, -0.2) is 4.79 Å². The maximum absolute atomic E-state index is 12.4. The maximum Gasteiger partial charge on any atom is 0.317 e. The number of amides is 2. The van der Waals surface area contributed by atoms with Crippen molar-refractivity contribution in [2.45, 2.75) is 57.8 Å². The molecule has 1 N–H and O–H groups in total. The number of unbranched alkanes of at least 4 members (excludes halogenated alkanes) is 1. The second kappa shape index (κ2) is 7.97. The summed E-state index contributed by atoms with van der Waals surface area (Å²) in [6.07, 6.45) is 7.03. The molecular weight excluding hydrogens is 280 g/mol. The fourth-order valence-electron chi connectivity index (χ4n) is 3.30. The van der Waals surface area contributed by atoms with Crippen molar-refractivity contribution in [3.63, 3.8) is 0 Å². The van der Waals surface area contributed by atoms with Gasteiger partial charge in [-0.05, 0) is 46.0 Å². The van der Waals surface area contributed by atoms with Crippen molar-refractivity contribution in [1.29, 1.82) is 0 Å². The first kappa shape index (κ1) is 17.3. The summed E-state index contributed by atoms with van der Waals surface area (Å²) >= 11 is 0. The number of piperidine rings is 1. The average Bonchev–Trinajstić information content (AvgIpc) is 2.96. The highest BCUT2D eigenvalue weighted by Crippen LogP contribution is 2.34. The van der Waals surface area contributed by atoms with Crippen LogP contribution in [0.15, 0.2) is 12.7 Å². The van der Waals surface area contributed by atoms with Gasteiger partial charge in [0.25, 0.3) is 0 Å². The summed E-state index contributed by atoms with van der Waals surface area (Å²) in [6, 6.07) is 0.236. The van der Waals surface area contributed by atoms with Crippen molar-refractivity contribution < 1.29 is 14.3 Å². The van der Waals surface area contributed by atoms with Crippen LogP contribution >= 0.6 is 0 Å². The number of ether oxygens (including phenoxy) is 2. The first-order chi connectivity index (χ1) is 10.5. The summed E-state index contributed by atoms with van der Waals surface area (Å²) in [5.74, 6) is -0.264. The molecule has 5 heteroatoms. The summed E-state index contributed by atoms with van der Waals surface area (Å²) < 4.78 is 11.5. The molecule has 2 aliphatic heterocycles. The molecule has 0 unspecified atom stereocenters. The lowest BCUT2D eigenvalue weighted by Crippen LogP contribution is -2.52. The van der Waals surface area contributed by atoms with Crippen molar-refractivity contribution >= 4 is 6.03 Å². The van der Waals surface area contributed by atoms with E-state index in [9.17, 15) is 4.79 Å². The monoisotopic (exact) mass is 310 g/mol. The van der Waals surface area contributed by atoms with Crippen LogP contribution in [-0.4, -0.2) is 49.1 Å². The molecule has 2 rings (SSSR count). The number of nitrogens with zero attached hydrogens (tertiary/aromatic N) is 1. The normalized spacial score (nSPS) is 25.7. The molecule has 2 amide bonds. The molecule has 5 nitrogen and oxygen atoms in total. The first-order valence-corrected chi connectivity index (χ1v) is 8.49. The molecular formula is C17H30N2O3. The largest absolute Gasteiger partial charge is 0.347 e. The molecule has 0 aromatic heterocycles. The van der Waals surface area contributed by atoms with Gasteiger partial charge in [0.1, 0.15) is 0 Å². The van der Waals surface area contributed by atoms with Gasteiger partial charge in [0.2, 0.25) is 0 Å². The van der Waals surface area contributed by atoms with E-state index < -0.39 is 5.79 Å². The minimum absolute atomic E-state index is 0.0393. The number of urea groups is 1. The second-order valence-corrected chi connectivity index (χ2v) is 6.57. The van der Waals surface area contributed by atoms with Gasteiger partial charge in [0.05, 0.1) is 13.2 Å². The second-order valence-electron chi connectivity index (χ2n) is 6.57. The van der Waals surface area contributed by atoms with E-state index in [1.54, 1.807) is 0 Å². The zero-order valence-corrected chi connectivity index (χ0v) is 14.0. The van der Waals surface area contributed by atoms with Gasteiger partial charge in [0, 0.05) is 25.0 Å². The van der Waals surface area contributed by atoms with Crippen LogP contribution in [0.25, 0.3) is 0 Å². The standard InChI is InChI=1S/C17H30N2O3/c1-4-5-6-8-14(2)18-16(20)19-10-7-9-15(13-19)17(3)21-11-12-22-17/h4,14-15H,1,5-13H2,2-3H3,(H,18,20)/t14-,15+/m0/s1. The van der Waals surface area contributed by atoms with Crippen molar-refractivity contribution in [3.8, 4) is 0 Å². The summed E-state index contributed by atoms with van der Waals surface area (Å²) in [5, 5.41) is 3.10. The van der Waals surface area contributed by atoms with E-state index in [2.05, 4.69) is 18.8 Å². The third-order valence-electron chi connectivity index (χ3n) is 4.73. The van der Waals surface area contributed by atoms with E-state index in [0.717, 1.165) is 38.6 Å². The highest BCUT2D eigenvalue weighted by atomic mass is 16.7. The van der Waals surface area contributed by atoms with Gasteiger partial charge in [0.15, 0.2) is 5.79 Å². The molecule has 22 heavy (non-hydrogen) atoms. The average molecular weight is 310 g/mol. The summed E-state index contributed by atoms with van der Waals surface area (Å²) in [5.41, 5.74) is 0. The van der Waals surface area contributed by atoms with E-state index in [-0.39, 0.29) is 18.0 Å². The highest BCUT2D eigenvalue weighted by Gasteiger charge is 2.42. The molecule has 0 bridgehead atoms. The number of carbonyl (C=O) groups excluding carboxylic acids is 1. The first-order valence-electron chi connectivity index (χ1n) is 8.49. The number of allylic oxidation sites excluding steroid dienone is 1. The van der Waals surface area contributed by atoms with E-state index in [4.69, 9.17) is 9.47 Å². The Morgan fingerprint density at radius 1 is 1.50 bits per heavy atom. The van der Waals surface area contributed by atoms with Crippen LogP contribution in [0.3, 0.4) is 0 Å². The molecule has 0 aromatic carbocycles. The van der Waals surface area contributed by atoms with Crippen molar-refractivity contribution in [3.05, 3.63) is 12.7 Å². The zero-order chi connectivity index (χ0) is 16.0. The number of rotatable bonds is 6. The number of carbonyl (C=O) groups is 1. The SMILES string of the molecule is C=CCCC[C@H](C)NC(=O)N1CCC[C@@H](C2(C)OCCO2)C1. The summed E-state index contributed by atoms with van der Waals surface area (Å²) in [4.78, 5) is 14.3. The predicted octanol–water partition coefficient (Wildman–Crippen LogP) is 2.92. The zero-order valence-electron chi connectivity index (χ0n) is 14.0. The number of hydrogen-bond acceptors (Lipinski definition) is 3. The Morgan fingerprint density at radius 2 is 2.23 bits per heavy atom.